The lowest BCUT2D eigenvalue weighted by Gasteiger charge is -2.08. The molecule has 2 rings (SSSR count). The maximum absolute atomic E-state index is 11.2. The lowest BCUT2D eigenvalue weighted by Crippen LogP contribution is -2.25. The molecule has 0 atom stereocenters. The molecule has 0 aromatic carbocycles. The van der Waals surface area contributed by atoms with Gasteiger partial charge >= 0.3 is 12.1 Å². The van der Waals surface area contributed by atoms with Gasteiger partial charge in [0.15, 0.2) is 0 Å². The van der Waals surface area contributed by atoms with E-state index in [4.69, 9.17) is 0 Å². The Balaban J connectivity index is 2.35. The summed E-state index contributed by atoms with van der Waals surface area (Å²) in [5.41, 5.74) is 4.16. The molecule has 74 valence electrons. The minimum absolute atomic E-state index is 0.350. The molecule has 1 aliphatic carbocycles. The normalized spacial score (nSPS) is 19.4. The molecule has 15 heavy (non-hydrogen) atoms. The van der Waals surface area contributed by atoms with Crippen LogP contribution in [0.5, 0.6) is 0 Å². The minimum Gasteiger partial charge on any atom is -0.243 e. The van der Waals surface area contributed by atoms with E-state index >= 15 is 0 Å². The largest absolute Gasteiger partial charge is 0.375 e. The van der Waals surface area contributed by atoms with Crippen LogP contribution in [-0.2, 0) is 0 Å². The third kappa shape index (κ3) is 1.68. The number of rotatable bonds is 1. The van der Waals surface area contributed by atoms with Crippen molar-refractivity contribution < 1.29 is 9.59 Å². The van der Waals surface area contributed by atoms with Crippen molar-refractivity contribution in [1.29, 1.82) is 0 Å². The van der Waals surface area contributed by atoms with Crippen molar-refractivity contribution >= 4 is 12.1 Å². The average Bonchev–Trinajstić information content (AvgIpc) is 2.41. The quantitative estimate of drug-likeness (QED) is 0.612. The van der Waals surface area contributed by atoms with Crippen molar-refractivity contribution in [3.8, 4) is 0 Å². The van der Waals surface area contributed by atoms with Crippen molar-refractivity contribution in [3.05, 3.63) is 41.3 Å². The van der Waals surface area contributed by atoms with Gasteiger partial charge in [-0.1, -0.05) is 33.7 Å². The highest BCUT2D eigenvalue weighted by Crippen LogP contribution is 2.17. The Labute approximate surface area is 85.8 Å². The van der Waals surface area contributed by atoms with Crippen molar-refractivity contribution in [2.24, 2.45) is 10.2 Å². The molecule has 0 aromatic rings. The molecule has 0 unspecified atom stereocenters. The van der Waals surface area contributed by atoms with Gasteiger partial charge in [-0.15, -0.1) is 0 Å². The van der Waals surface area contributed by atoms with E-state index < -0.39 is 12.1 Å². The zero-order valence-electron chi connectivity index (χ0n) is 7.97. The molecule has 1 aliphatic heterocycles. The standard InChI is InChI=1S/C10H7N3O2/c1-7-3-2-4-8(6-5-7)13-9(14)11-12-10(13)15/h2-3,5-6H,1H3. The maximum Gasteiger partial charge on any atom is 0.375 e. The number of allylic oxidation sites excluding steroid dienone is 4. The summed E-state index contributed by atoms with van der Waals surface area (Å²) in [6.07, 6.45) is 6.87. The van der Waals surface area contributed by atoms with E-state index in [2.05, 4.69) is 16.0 Å². The van der Waals surface area contributed by atoms with Crippen LogP contribution in [0.25, 0.3) is 0 Å². The van der Waals surface area contributed by atoms with Crippen LogP contribution in [0.15, 0.2) is 51.5 Å². The zero-order chi connectivity index (χ0) is 10.8. The van der Waals surface area contributed by atoms with Gasteiger partial charge in [0, 0.05) is 0 Å². The number of urea groups is 2. The Hall–Kier alpha value is -2.26. The summed E-state index contributed by atoms with van der Waals surface area (Å²) in [6, 6.07) is -1.36. The molecule has 0 aromatic heterocycles. The number of hydrogen-bond acceptors (Lipinski definition) is 2. The Morgan fingerprint density at radius 1 is 1.20 bits per heavy atom. The van der Waals surface area contributed by atoms with Gasteiger partial charge in [-0.2, -0.15) is 0 Å². The second kappa shape index (κ2) is 3.48. The van der Waals surface area contributed by atoms with E-state index in [-0.39, 0.29) is 0 Å². The number of imide groups is 1. The fourth-order valence-corrected chi connectivity index (χ4v) is 1.17. The van der Waals surface area contributed by atoms with Crippen molar-refractivity contribution in [2.45, 2.75) is 6.92 Å². The molecular formula is C10H7N3O2. The number of amides is 4. The highest BCUT2D eigenvalue weighted by Gasteiger charge is 2.29. The number of carbonyl (C=O) groups excluding carboxylic acids is 2. The molecule has 0 bridgehead atoms. The molecule has 5 heteroatoms. The van der Waals surface area contributed by atoms with Gasteiger partial charge in [-0.25, -0.2) is 14.5 Å². The van der Waals surface area contributed by atoms with Gasteiger partial charge in [0.1, 0.15) is 0 Å². The maximum atomic E-state index is 11.2. The number of nitrogens with zero attached hydrogens (tertiary/aromatic N) is 3. The van der Waals surface area contributed by atoms with Gasteiger partial charge in [-0.3, -0.25) is 0 Å². The second-order valence-corrected chi connectivity index (χ2v) is 3.04. The van der Waals surface area contributed by atoms with Gasteiger partial charge in [-0.05, 0) is 19.1 Å². The molecule has 5 nitrogen and oxygen atoms in total. The molecule has 1 heterocycles. The SMILES string of the molecule is CC1=CC=C=C(N2C(=O)N=NC2=O)C=C1. The molecule has 0 radical (unpaired) electrons. The minimum atomic E-state index is -0.680. The Morgan fingerprint density at radius 3 is 2.53 bits per heavy atom. The molecule has 0 spiro atoms. The van der Waals surface area contributed by atoms with Crippen molar-refractivity contribution in [3.63, 3.8) is 0 Å². The first kappa shape index (κ1) is 9.30. The molecule has 4 amide bonds. The van der Waals surface area contributed by atoms with E-state index in [1.807, 2.05) is 13.0 Å². The zero-order valence-corrected chi connectivity index (χ0v) is 7.97. The lowest BCUT2D eigenvalue weighted by molar-refractivity contribution is 0.216. The highest BCUT2D eigenvalue weighted by molar-refractivity contribution is 6.00. The van der Waals surface area contributed by atoms with Gasteiger partial charge in [0.2, 0.25) is 0 Å². The number of azo groups is 1. The summed E-state index contributed by atoms with van der Waals surface area (Å²) in [5, 5.41) is 6.32. The highest BCUT2D eigenvalue weighted by atomic mass is 16.2. The first-order valence-corrected chi connectivity index (χ1v) is 4.30. The van der Waals surface area contributed by atoms with Crippen LogP contribution in [0.1, 0.15) is 6.92 Å². The van der Waals surface area contributed by atoms with Crippen LogP contribution < -0.4 is 0 Å². The van der Waals surface area contributed by atoms with Crippen molar-refractivity contribution in [2.75, 3.05) is 0 Å². The average molecular weight is 201 g/mol. The van der Waals surface area contributed by atoms with E-state index in [1.165, 1.54) is 0 Å². The van der Waals surface area contributed by atoms with Gasteiger partial charge in [0.25, 0.3) is 0 Å². The molecule has 0 N–H and O–H groups in total. The van der Waals surface area contributed by atoms with Crippen molar-refractivity contribution in [1.82, 2.24) is 4.90 Å². The molecule has 0 fully saturated rings. The van der Waals surface area contributed by atoms with E-state index in [1.54, 1.807) is 18.2 Å². The topological polar surface area (TPSA) is 62.1 Å². The van der Waals surface area contributed by atoms with Crippen LogP contribution in [0, 0.1) is 0 Å². The van der Waals surface area contributed by atoms with Crippen LogP contribution in [-0.4, -0.2) is 17.0 Å². The van der Waals surface area contributed by atoms with E-state index in [0.717, 1.165) is 10.5 Å². The first-order valence-electron chi connectivity index (χ1n) is 4.30. The number of hydrogen-bond donors (Lipinski definition) is 0. The predicted molar refractivity (Wildman–Crippen MR) is 52.0 cm³/mol. The van der Waals surface area contributed by atoms with Gasteiger partial charge < -0.3 is 0 Å². The van der Waals surface area contributed by atoms with E-state index in [9.17, 15) is 9.59 Å². The third-order valence-electron chi connectivity index (χ3n) is 1.93. The Bertz CT molecular complexity index is 473. The first-order chi connectivity index (χ1) is 7.18. The smallest absolute Gasteiger partial charge is 0.243 e. The monoisotopic (exact) mass is 201 g/mol. The summed E-state index contributed by atoms with van der Waals surface area (Å²) >= 11 is 0. The molecular weight excluding hydrogens is 194 g/mol. The van der Waals surface area contributed by atoms with Crippen LogP contribution in [0.4, 0.5) is 9.59 Å². The third-order valence-corrected chi connectivity index (χ3v) is 1.93. The van der Waals surface area contributed by atoms with Crippen LogP contribution in [0.2, 0.25) is 0 Å². The van der Waals surface area contributed by atoms with E-state index in [0.29, 0.717) is 5.70 Å². The Kier molecular flexibility index (Phi) is 2.15. The summed E-state index contributed by atoms with van der Waals surface area (Å²) in [4.78, 5) is 23.3. The summed E-state index contributed by atoms with van der Waals surface area (Å²) in [5.74, 6) is 0. The fraction of sp³-hybridized carbons (Fsp3) is 0.100. The molecule has 0 saturated heterocycles. The Morgan fingerprint density at radius 2 is 1.87 bits per heavy atom. The number of carbonyl (C=O) groups is 2. The summed E-state index contributed by atoms with van der Waals surface area (Å²) in [6.45, 7) is 1.90. The summed E-state index contributed by atoms with van der Waals surface area (Å²) in [7, 11) is 0. The second-order valence-electron chi connectivity index (χ2n) is 3.04. The molecule has 0 saturated carbocycles. The molecule has 2 aliphatic rings. The van der Waals surface area contributed by atoms with Crippen LogP contribution >= 0.6 is 0 Å². The predicted octanol–water partition coefficient (Wildman–Crippen LogP) is 2.55. The summed E-state index contributed by atoms with van der Waals surface area (Å²) < 4.78 is 0. The van der Waals surface area contributed by atoms with Crippen LogP contribution in [0.3, 0.4) is 0 Å². The van der Waals surface area contributed by atoms with Gasteiger partial charge in [0.05, 0.1) is 5.70 Å². The lowest BCUT2D eigenvalue weighted by atomic mass is 10.2. The fourth-order valence-electron chi connectivity index (χ4n) is 1.17.